The van der Waals surface area contributed by atoms with Crippen molar-refractivity contribution >= 4 is 23.1 Å². The van der Waals surface area contributed by atoms with Crippen LogP contribution in [0, 0.1) is 12.7 Å². The van der Waals surface area contributed by atoms with Gasteiger partial charge in [0, 0.05) is 32.4 Å². The Bertz CT molecular complexity index is 705. The number of nitrogens with zero attached hydrogens (tertiary/aromatic N) is 4. The van der Waals surface area contributed by atoms with Crippen LogP contribution in [0.4, 0.5) is 10.1 Å². The van der Waals surface area contributed by atoms with Crippen LogP contribution in [0.5, 0.6) is 0 Å². The van der Waals surface area contributed by atoms with Crippen molar-refractivity contribution in [3.05, 3.63) is 40.7 Å². The topological polar surface area (TPSA) is 61.4 Å². The van der Waals surface area contributed by atoms with Gasteiger partial charge in [0.05, 0.1) is 17.1 Å². The van der Waals surface area contributed by atoms with E-state index in [1.807, 2.05) is 6.92 Å². The summed E-state index contributed by atoms with van der Waals surface area (Å²) in [5.41, 5.74) is 1.80. The van der Waals surface area contributed by atoms with Gasteiger partial charge in [-0.2, -0.15) is 0 Å². The lowest BCUT2D eigenvalue weighted by Gasteiger charge is -2.36. The Kier molecular flexibility index (Phi) is 5.06. The fourth-order valence-corrected chi connectivity index (χ4v) is 3.44. The number of rotatable bonds is 4. The molecular formula is C16H20FN5OS. The Morgan fingerprint density at radius 3 is 2.88 bits per heavy atom. The van der Waals surface area contributed by atoms with Gasteiger partial charge in [0.2, 0.25) is 5.91 Å². The molecule has 0 bridgehead atoms. The number of benzene rings is 1. The first-order chi connectivity index (χ1) is 11.5. The number of carbonyl (C=O) groups is 1. The van der Waals surface area contributed by atoms with Crippen molar-refractivity contribution in [2.24, 2.45) is 0 Å². The highest BCUT2D eigenvalue weighted by Crippen LogP contribution is 2.18. The number of aromatic nitrogens is 2. The fourth-order valence-electron chi connectivity index (χ4n) is 2.76. The molecule has 0 spiro atoms. The second-order valence-corrected chi connectivity index (χ2v) is 6.74. The van der Waals surface area contributed by atoms with Crippen molar-refractivity contribution in [3.63, 3.8) is 0 Å². The SMILES string of the molecule is Cc1nnsc1CN(C)C(=O)[C@H]1CN(c2ccc(F)cc2)CCN1. The fraction of sp³-hybridized carbons (Fsp3) is 0.438. The lowest BCUT2D eigenvalue weighted by Crippen LogP contribution is -2.57. The Labute approximate surface area is 144 Å². The van der Waals surface area contributed by atoms with E-state index in [0.29, 0.717) is 19.6 Å². The molecule has 1 atom stereocenters. The highest BCUT2D eigenvalue weighted by molar-refractivity contribution is 7.05. The van der Waals surface area contributed by atoms with Crippen LogP contribution in [-0.4, -0.2) is 53.1 Å². The molecule has 1 saturated heterocycles. The minimum Gasteiger partial charge on any atom is -0.368 e. The van der Waals surface area contributed by atoms with Gasteiger partial charge in [0.25, 0.3) is 0 Å². The van der Waals surface area contributed by atoms with Crippen molar-refractivity contribution in [3.8, 4) is 0 Å². The highest BCUT2D eigenvalue weighted by atomic mass is 32.1. The summed E-state index contributed by atoms with van der Waals surface area (Å²) < 4.78 is 17.0. The summed E-state index contributed by atoms with van der Waals surface area (Å²) in [6.45, 7) is 4.47. The smallest absolute Gasteiger partial charge is 0.241 e. The largest absolute Gasteiger partial charge is 0.368 e. The zero-order chi connectivity index (χ0) is 17.1. The van der Waals surface area contributed by atoms with Gasteiger partial charge in [0.15, 0.2) is 0 Å². The van der Waals surface area contributed by atoms with Crippen LogP contribution in [0.2, 0.25) is 0 Å². The molecule has 2 heterocycles. The predicted molar refractivity (Wildman–Crippen MR) is 91.5 cm³/mol. The number of hydrogen-bond acceptors (Lipinski definition) is 6. The summed E-state index contributed by atoms with van der Waals surface area (Å²) >= 11 is 1.32. The van der Waals surface area contributed by atoms with Gasteiger partial charge in [-0.3, -0.25) is 4.79 Å². The number of amides is 1. The third-order valence-corrected chi connectivity index (χ3v) is 4.98. The van der Waals surface area contributed by atoms with E-state index < -0.39 is 0 Å². The molecule has 24 heavy (non-hydrogen) atoms. The normalized spacial score (nSPS) is 17.8. The molecule has 3 rings (SSSR count). The third kappa shape index (κ3) is 3.70. The average molecular weight is 349 g/mol. The molecule has 1 fully saturated rings. The van der Waals surface area contributed by atoms with E-state index in [0.717, 1.165) is 22.8 Å². The Hall–Kier alpha value is -2.06. The van der Waals surface area contributed by atoms with Crippen LogP contribution >= 0.6 is 11.5 Å². The monoisotopic (exact) mass is 349 g/mol. The minimum absolute atomic E-state index is 0.0367. The first kappa shape index (κ1) is 16.8. The summed E-state index contributed by atoms with van der Waals surface area (Å²) in [6, 6.07) is 6.10. The van der Waals surface area contributed by atoms with Crippen LogP contribution in [0.15, 0.2) is 24.3 Å². The van der Waals surface area contributed by atoms with Crippen LogP contribution < -0.4 is 10.2 Å². The maximum atomic E-state index is 13.1. The molecule has 8 heteroatoms. The number of aryl methyl sites for hydroxylation is 1. The lowest BCUT2D eigenvalue weighted by atomic mass is 10.1. The van der Waals surface area contributed by atoms with E-state index in [1.165, 1.54) is 23.7 Å². The number of piperazine rings is 1. The van der Waals surface area contributed by atoms with Gasteiger partial charge in [-0.05, 0) is 42.7 Å². The Morgan fingerprint density at radius 2 is 2.21 bits per heavy atom. The number of nitrogens with one attached hydrogen (secondary N) is 1. The van der Waals surface area contributed by atoms with Gasteiger partial charge in [-0.15, -0.1) is 5.10 Å². The van der Waals surface area contributed by atoms with Crippen molar-refractivity contribution in [2.75, 3.05) is 31.6 Å². The van der Waals surface area contributed by atoms with E-state index in [-0.39, 0.29) is 17.8 Å². The molecule has 1 aliphatic heterocycles. The van der Waals surface area contributed by atoms with Crippen LogP contribution in [-0.2, 0) is 11.3 Å². The molecule has 1 aromatic heterocycles. The molecule has 1 aromatic carbocycles. The number of carbonyl (C=O) groups excluding carboxylic acids is 1. The van der Waals surface area contributed by atoms with Gasteiger partial charge in [-0.1, -0.05) is 4.49 Å². The second-order valence-electron chi connectivity index (χ2n) is 5.90. The zero-order valence-corrected chi connectivity index (χ0v) is 14.5. The maximum Gasteiger partial charge on any atom is 0.241 e. The molecule has 2 aromatic rings. The molecule has 1 N–H and O–H groups in total. The highest BCUT2D eigenvalue weighted by Gasteiger charge is 2.28. The summed E-state index contributed by atoms with van der Waals surface area (Å²) in [7, 11) is 1.79. The average Bonchev–Trinajstić information content (AvgIpc) is 3.00. The molecule has 6 nitrogen and oxygen atoms in total. The summed E-state index contributed by atoms with van der Waals surface area (Å²) in [6.07, 6.45) is 0. The molecule has 128 valence electrons. The van der Waals surface area contributed by atoms with Crippen LogP contribution in [0.25, 0.3) is 0 Å². The van der Waals surface area contributed by atoms with E-state index in [4.69, 9.17) is 0 Å². The summed E-state index contributed by atoms with van der Waals surface area (Å²) in [5, 5.41) is 7.25. The van der Waals surface area contributed by atoms with Gasteiger partial charge in [-0.25, -0.2) is 4.39 Å². The number of anilines is 1. The van der Waals surface area contributed by atoms with Crippen molar-refractivity contribution in [1.82, 2.24) is 19.8 Å². The first-order valence-electron chi connectivity index (χ1n) is 7.81. The molecule has 1 aliphatic rings. The standard InChI is InChI=1S/C16H20FN5OS/c1-11-15(24-20-19-11)10-21(2)16(23)14-9-22(8-7-18-14)13-5-3-12(17)4-6-13/h3-6,14,18H,7-10H2,1-2H3/t14-/m1/s1. The molecule has 0 radical (unpaired) electrons. The Morgan fingerprint density at radius 1 is 1.46 bits per heavy atom. The quantitative estimate of drug-likeness (QED) is 0.905. The van der Waals surface area contributed by atoms with E-state index >= 15 is 0 Å². The minimum atomic E-state index is -0.282. The van der Waals surface area contributed by atoms with Crippen LogP contribution in [0.1, 0.15) is 10.6 Å². The van der Waals surface area contributed by atoms with Gasteiger partial charge >= 0.3 is 0 Å². The molecule has 0 unspecified atom stereocenters. The Balaban J connectivity index is 1.64. The summed E-state index contributed by atoms with van der Waals surface area (Å²) in [4.78, 5) is 17.5. The van der Waals surface area contributed by atoms with E-state index in [2.05, 4.69) is 19.8 Å². The van der Waals surface area contributed by atoms with Crippen molar-refractivity contribution in [2.45, 2.75) is 19.5 Å². The summed E-state index contributed by atoms with van der Waals surface area (Å²) in [5.74, 6) is -0.218. The van der Waals surface area contributed by atoms with Crippen molar-refractivity contribution in [1.29, 1.82) is 0 Å². The molecule has 1 amide bonds. The van der Waals surface area contributed by atoms with E-state index in [9.17, 15) is 9.18 Å². The number of halogens is 1. The van der Waals surface area contributed by atoms with Crippen LogP contribution in [0.3, 0.4) is 0 Å². The first-order valence-corrected chi connectivity index (χ1v) is 8.58. The van der Waals surface area contributed by atoms with E-state index in [1.54, 1.807) is 24.1 Å². The maximum absolute atomic E-state index is 13.1. The van der Waals surface area contributed by atoms with Gasteiger partial charge < -0.3 is 15.1 Å². The van der Waals surface area contributed by atoms with Crippen molar-refractivity contribution < 1.29 is 9.18 Å². The molecule has 0 saturated carbocycles. The molecule has 0 aliphatic carbocycles. The van der Waals surface area contributed by atoms with Gasteiger partial charge in [0.1, 0.15) is 11.9 Å². The second kappa shape index (κ2) is 7.23. The number of likely N-dealkylation sites (N-methyl/N-ethyl adjacent to an activating group) is 1. The zero-order valence-electron chi connectivity index (χ0n) is 13.7. The predicted octanol–water partition coefficient (Wildman–Crippen LogP) is 1.42. The lowest BCUT2D eigenvalue weighted by molar-refractivity contribution is -0.132. The number of hydrogen-bond donors (Lipinski definition) is 1. The molecular weight excluding hydrogens is 329 g/mol. The third-order valence-electron chi connectivity index (χ3n) is 4.17.